The van der Waals surface area contributed by atoms with E-state index >= 15 is 0 Å². The molecule has 2 aromatic rings. The van der Waals surface area contributed by atoms with Crippen molar-refractivity contribution in [2.45, 2.75) is 13.3 Å². The minimum absolute atomic E-state index is 0.146. The van der Waals surface area contributed by atoms with Crippen molar-refractivity contribution in [3.63, 3.8) is 0 Å². The number of thiazole rings is 1. The van der Waals surface area contributed by atoms with Crippen LogP contribution in [0.4, 0.5) is 4.39 Å². The van der Waals surface area contributed by atoms with Crippen LogP contribution in [0, 0.1) is 5.82 Å². The molecule has 3 heteroatoms. The van der Waals surface area contributed by atoms with Gasteiger partial charge in [0, 0.05) is 0 Å². The first kappa shape index (κ1) is 7.68. The third-order valence-electron chi connectivity index (χ3n) is 1.85. The lowest BCUT2D eigenvalue weighted by Gasteiger charge is -1.96. The summed E-state index contributed by atoms with van der Waals surface area (Å²) in [5.41, 5.74) is 3.45. The topological polar surface area (TPSA) is 12.9 Å². The Morgan fingerprint density at radius 3 is 3.08 bits per heavy atom. The van der Waals surface area contributed by atoms with E-state index < -0.39 is 0 Å². The van der Waals surface area contributed by atoms with Crippen LogP contribution in [0.5, 0.6) is 0 Å². The summed E-state index contributed by atoms with van der Waals surface area (Å²) in [4.78, 5) is 4.07. The van der Waals surface area contributed by atoms with Crippen LogP contribution in [0.2, 0.25) is 0 Å². The number of halogens is 1. The monoisotopic (exact) mass is 181 g/mol. The molecule has 0 aliphatic carbocycles. The summed E-state index contributed by atoms with van der Waals surface area (Å²) in [7, 11) is 0. The molecule has 0 radical (unpaired) electrons. The molecule has 0 bridgehead atoms. The predicted octanol–water partition coefficient (Wildman–Crippen LogP) is 3.00. The van der Waals surface area contributed by atoms with E-state index in [9.17, 15) is 4.39 Å². The van der Waals surface area contributed by atoms with Gasteiger partial charge in [0.25, 0.3) is 0 Å². The predicted molar refractivity (Wildman–Crippen MR) is 49.0 cm³/mol. The Balaban J connectivity index is 2.75. The lowest BCUT2D eigenvalue weighted by atomic mass is 10.1. The van der Waals surface area contributed by atoms with Gasteiger partial charge < -0.3 is 0 Å². The maximum atomic E-state index is 13.2. The first-order valence-electron chi connectivity index (χ1n) is 3.83. The van der Waals surface area contributed by atoms with E-state index in [2.05, 4.69) is 4.98 Å². The van der Waals surface area contributed by atoms with Crippen molar-refractivity contribution in [3.8, 4) is 0 Å². The highest BCUT2D eigenvalue weighted by molar-refractivity contribution is 7.16. The second-order valence-corrected chi connectivity index (χ2v) is 3.49. The second kappa shape index (κ2) is 2.83. The fraction of sp³-hybridized carbons (Fsp3) is 0.222. The maximum absolute atomic E-state index is 13.2. The van der Waals surface area contributed by atoms with Crippen LogP contribution >= 0.6 is 11.3 Å². The van der Waals surface area contributed by atoms with E-state index in [0.717, 1.165) is 17.5 Å². The fourth-order valence-electron chi connectivity index (χ4n) is 1.19. The first-order valence-corrected chi connectivity index (χ1v) is 4.71. The molecule has 0 saturated carbocycles. The molecular weight excluding hydrogens is 173 g/mol. The van der Waals surface area contributed by atoms with Gasteiger partial charge in [-0.2, -0.15) is 0 Å². The van der Waals surface area contributed by atoms with Gasteiger partial charge in [0.1, 0.15) is 5.82 Å². The number of hydrogen-bond donors (Lipinski definition) is 0. The minimum Gasteiger partial charge on any atom is -0.245 e. The van der Waals surface area contributed by atoms with Crippen LogP contribution in [0.15, 0.2) is 17.6 Å². The van der Waals surface area contributed by atoms with E-state index in [1.807, 2.05) is 13.0 Å². The van der Waals surface area contributed by atoms with Gasteiger partial charge in [-0.1, -0.05) is 6.92 Å². The lowest BCUT2D eigenvalue weighted by molar-refractivity contribution is 0.639. The Labute approximate surface area is 73.9 Å². The molecule has 0 amide bonds. The second-order valence-electron chi connectivity index (χ2n) is 2.63. The summed E-state index contributed by atoms with van der Waals surface area (Å²) in [5.74, 6) is -0.146. The van der Waals surface area contributed by atoms with Gasteiger partial charge in [-0.25, -0.2) is 9.37 Å². The molecule has 1 nitrogen and oxygen atoms in total. The maximum Gasteiger partial charge on any atom is 0.142 e. The number of benzene rings is 1. The zero-order chi connectivity index (χ0) is 8.55. The van der Waals surface area contributed by atoms with Gasteiger partial charge in [0.2, 0.25) is 0 Å². The molecule has 0 aliphatic rings. The molecular formula is C9H8FNS. The number of fused-ring (bicyclic) bond motifs is 1. The summed E-state index contributed by atoms with van der Waals surface area (Å²) in [6, 6.07) is 3.52. The van der Waals surface area contributed by atoms with Gasteiger partial charge in [-0.05, 0) is 24.1 Å². The third-order valence-corrected chi connectivity index (χ3v) is 2.71. The van der Waals surface area contributed by atoms with Crippen LogP contribution in [-0.4, -0.2) is 4.98 Å². The van der Waals surface area contributed by atoms with Gasteiger partial charge in [0.15, 0.2) is 0 Å². The quantitative estimate of drug-likeness (QED) is 0.659. The summed E-state index contributed by atoms with van der Waals surface area (Å²) >= 11 is 1.35. The molecule has 2 rings (SSSR count). The van der Waals surface area contributed by atoms with Crippen molar-refractivity contribution in [1.82, 2.24) is 4.98 Å². The number of rotatable bonds is 1. The Bertz CT molecular complexity index is 408. The molecule has 62 valence electrons. The SMILES string of the molecule is CCc1cc(F)c2scnc2c1. The van der Waals surface area contributed by atoms with Gasteiger partial charge in [0.05, 0.1) is 15.7 Å². The zero-order valence-electron chi connectivity index (χ0n) is 6.67. The summed E-state index contributed by atoms with van der Waals surface area (Å²) in [6.07, 6.45) is 0.852. The molecule has 0 unspecified atom stereocenters. The van der Waals surface area contributed by atoms with E-state index in [0.29, 0.717) is 4.70 Å². The third kappa shape index (κ3) is 1.10. The minimum atomic E-state index is -0.146. The number of aryl methyl sites for hydroxylation is 1. The normalized spacial score (nSPS) is 10.8. The van der Waals surface area contributed by atoms with Crippen molar-refractivity contribution < 1.29 is 4.39 Å². The van der Waals surface area contributed by atoms with Crippen LogP contribution < -0.4 is 0 Å². The summed E-state index contributed by atoms with van der Waals surface area (Å²) in [6.45, 7) is 2.01. The Morgan fingerprint density at radius 1 is 1.50 bits per heavy atom. The van der Waals surface area contributed by atoms with E-state index in [1.165, 1.54) is 11.3 Å². The highest BCUT2D eigenvalue weighted by atomic mass is 32.1. The fourth-order valence-corrected chi connectivity index (χ4v) is 1.86. The van der Waals surface area contributed by atoms with Crippen LogP contribution in [0.3, 0.4) is 0 Å². The highest BCUT2D eigenvalue weighted by Crippen LogP contribution is 2.22. The summed E-state index contributed by atoms with van der Waals surface area (Å²) < 4.78 is 13.9. The zero-order valence-corrected chi connectivity index (χ0v) is 7.49. The lowest BCUT2D eigenvalue weighted by Crippen LogP contribution is -1.83. The van der Waals surface area contributed by atoms with Crippen molar-refractivity contribution in [2.24, 2.45) is 0 Å². The standard InChI is InChI=1S/C9H8FNS/c1-2-6-3-7(10)9-8(4-6)11-5-12-9/h3-5H,2H2,1H3. The van der Waals surface area contributed by atoms with Crippen LogP contribution in [0.1, 0.15) is 12.5 Å². The molecule has 0 aliphatic heterocycles. The Morgan fingerprint density at radius 2 is 2.33 bits per heavy atom. The van der Waals surface area contributed by atoms with Gasteiger partial charge in [-0.3, -0.25) is 0 Å². The molecule has 0 fully saturated rings. The number of nitrogens with zero attached hydrogens (tertiary/aromatic N) is 1. The van der Waals surface area contributed by atoms with E-state index in [4.69, 9.17) is 0 Å². The van der Waals surface area contributed by atoms with Gasteiger partial charge in [-0.15, -0.1) is 11.3 Å². The number of hydrogen-bond acceptors (Lipinski definition) is 2. The van der Waals surface area contributed by atoms with Crippen molar-refractivity contribution in [2.75, 3.05) is 0 Å². The first-order chi connectivity index (χ1) is 5.81. The molecule has 0 saturated heterocycles. The van der Waals surface area contributed by atoms with Crippen LogP contribution in [0.25, 0.3) is 10.2 Å². The van der Waals surface area contributed by atoms with E-state index in [-0.39, 0.29) is 5.82 Å². The molecule has 12 heavy (non-hydrogen) atoms. The van der Waals surface area contributed by atoms with Crippen molar-refractivity contribution in [3.05, 3.63) is 29.0 Å². The van der Waals surface area contributed by atoms with Crippen LogP contribution in [-0.2, 0) is 6.42 Å². The molecule has 1 heterocycles. The largest absolute Gasteiger partial charge is 0.245 e. The molecule has 0 atom stereocenters. The molecule has 1 aromatic heterocycles. The summed E-state index contributed by atoms with van der Waals surface area (Å²) in [5, 5.41) is 0. The Hall–Kier alpha value is -0.960. The number of aromatic nitrogens is 1. The average molecular weight is 181 g/mol. The molecule has 1 aromatic carbocycles. The van der Waals surface area contributed by atoms with Crippen molar-refractivity contribution >= 4 is 21.6 Å². The van der Waals surface area contributed by atoms with E-state index in [1.54, 1.807) is 11.6 Å². The molecule has 0 spiro atoms. The smallest absolute Gasteiger partial charge is 0.142 e. The van der Waals surface area contributed by atoms with Crippen molar-refractivity contribution in [1.29, 1.82) is 0 Å². The van der Waals surface area contributed by atoms with Gasteiger partial charge >= 0.3 is 0 Å². The molecule has 0 N–H and O–H groups in total. The highest BCUT2D eigenvalue weighted by Gasteiger charge is 2.04. The average Bonchev–Trinajstić information content (AvgIpc) is 2.52. The Kier molecular flexibility index (Phi) is 1.81.